The van der Waals surface area contributed by atoms with Crippen molar-refractivity contribution in [2.24, 2.45) is 0 Å². The third-order valence-corrected chi connectivity index (χ3v) is 2.43. The monoisotopic (exact) mass is 260 g/mol. The third-order valence-electron chi connectivity index (χ3n) is 2.43. The molecule has 0 aliphatic heterocycles. The van der Waals surface area contributed by atoms with Gasteiger partial charge in [-0.1, -0.05) is 6.92 Å². The Hall–Kier alpha value is -1.63. The van der Waals surface area contributed by atoms with Gasteiger partial charge in [-0.2, -0.15) is 0 Å². The van der Waals surface area contributed by atoms with Gasteiger partial charge in [-0.05, 0) is 20.3 Å². The predicted octanol–water partition coefficient (Wildman–Crippen LogP) is 0.444. The van der Waals surface area contributed by atoms with Gasteiger partial charge >= 0.3 is 12.0 Å². The molecule has 0 heterocycles. The summed E-state index contributed by atoms with van der Waals surface area (Å²) in [4.78, 5) is 34.7. The molecule has 0 rings (SSSR count). The van der Waals surface area contributed by atoms with Crippen molar-refractivity contribution in [3.63, 3.8) is 0 Å². The van der Waals surface area contributed by atoms with Gasteiger partial charge < -0.3 is 14.7 Å². The number of hydrogen-bond acceptors (Lipinski definition) is 4. The van der Waals surface area contributed by atoms with Crippen molar-refractivity contribution < 1.29 is 24.2 Å². The molecule has 0 aliphatic carbocycles. The van der Waals surface area contributed by atoms with Gasteiger partial charge in [0.2, 0.25) is 0 Å². The zero-order valence-electron chi connectivity index (χ0n) is 10.9. The quantitative estimate of drug-likeness (QED) is 0.692. The molecule has 7 nitrogen and oxygen atoms in total. The van der Waals surface area contributed by atoms with E-state index in [1.54, 1.807) is 0 Å². The fourth-order valence-corrected chi connectivity index (χ4v) is 1.33. The van der Waals surface area contributed by atoms with E-state index in [-0.39, 0.29) is 6.04 Å². The van der Waals surface area contributed by atoms with Gasteiger partial charge in [0.1, 0.15) is 13.2 Å². The maximum atomic E-state index is 11.7. The number of carboxylic acid groups (broad SMARTS) is 1. The number of carboxylic acids is 1. The highest BCUT2D eigenvalue weighted by atomic mass is 16.5. The van der Waals surface area contributed by atoms with Crippen LogP contribution in [0.1, 0.15) is 27.2 Å². The number of carbonyl (C=O) groups excluding carboxylic acids is 2. The molecule has 0 radical (unpaired) electrons. The molecular formula is C11H20N2O5. The average molecular weight is 260 g/mol. The maximum Gasteiger partial charge on any atom is 0.329 e. The van der Waals surface area contributed by atoms with Crippen LogP contribution in [0, 0.1) is 0 Å². The van der Waals surface area contributed by atoms with E-state index in [0.29, 0.717) is 6.54 Å². The summed E-state index contributed by atoms with van der Waals surface area (Å²) in [6.07, 6.45) is 0.783. The lowest BCUT2D eigenvalue weighted by Gasteiger charge is -2.26. The first-order valence-corrected chi connectivity index (χ1v) is 5.82. The second kappa shape index (κ2) is 8.46. The summed E-state index contributed by atoms with van der Waals surface area (Å²) in [5.41, 5.74) is 0. The molecule has 0 saturated heterocycles. The Balaban J connectivity index is 4.12. The molecule has 0 spiro atoms. The number of nitrogens with one attached hydrogen (secondary N) is 1. The highest BCUT2D eigenvalue weighted by Gasteiger charge is 2.19. The van der Waals surface area contributed by atoms with Crippen LogP contribution < -0.4 is 5.32 Å². The van der Waals surface area contributed by atoms with Crippen LogP contribution in [0.3, 0.4) is 0 Å². The van der Waals surface area contributed by atoms with Crippen LogP contribution in [0.5, 0.6) is 0 Å². The lowest BCUT2D eigenvalue weighted by atomic mass is 10.2. The minimum absolute atomic E-state index is 0.0303. The summed E-state index contributed by atoms with van der Waals surface area (Å²) in [6, 6.07) is -0.460. The number of rotatable bonds is 7. The lowest BCUT2D eigenvalue weighted by molar-refractivity contribution is -0.143. The van der Waals surface area contributed by atoms with E-state index in [4.69, 9.17) is 5.11 Å². The normalized spacial score (nSPS) is 11.7. The van der Waals surface area contributed by atoms with Gasteiger partial charge in [-0.15, -0.1) is 0 Å². The highest BCUT2D eigenvalue weighted by molar-refractivity contribution is 5.95. The number of nitrogens with zero attached hydrogens (tertiary/aromatic N) is 1. The van der Waals surface area contributed by atoms with E-state index in [9.17, 15) is 14.4 Å². The van der Waals surface area contributed by atoms with E-state index in [1.807, 2.05) is 20.8 Å². The Morgan fingerprint density at radius 1 is 1.28 bits per heavy atom. The fourth-order valence-electron chi connectivity index (χ4n) is 1.33. The molecule has 18 heavy (non-hydrogen) atoms. The molecule has 3 amide bonds. The van der Waals surface area contributed by atoms with E-state index >= 15 is 0 Å². The van der Waals surface area contributed by atoms with Crippen molar-refractivity contribution >= 4 is 17.9 Å². The van der Waals surface area contributed by atoms with Crippen molar-refractivity contribution in [2.75, 3.05) is 19.8 Å². The molecule has 0 aromatic heterocycles. The van der Waals surface area contributed by atoms with Crippen LogP contribution in [0.4, 0.5) is 4.79 Å². The lowest BCUT2D eigenvalue weighted by Crippen LogP contribution is -2.47. The molecule has 0 saturated carbocycles. The van der Waals surface area contributed by atoms with Crippen molar-refractivity contribution in [2.45, 2.75) is 33.2 Å². The number of aliphatic carboxylic acids is 1. The number of ether oxygens (including phenoxy) is 1. The largest absolute Gasteiger partial charge is 0.480 e. The van der Waals surface area contributed by atoms with E-state index < -0.39 is 31.1 Å². The van der Waals surface area contributed by atoms with Gasteiger partial charge in [0, 0.05) is 12.6 Å². The van der Waals surface area contributed by atoms with Crippen LogP contribution >= 0.6 is 0 Å². The van der Waals surface area contributed by atoms with Crippen LogP contribution in [0.25, 0.3) is 0 Å². The third kappa shape index (κ3) is 6.19. The summed E-state index contributed by atoms with van der Waals surface area (Å²) in [7, 11) is 0. The van der Waals surface area contributed by atoms with Crippen molar-refractivity contribution in [3.8, 4) is 0 Å². The Morgan fingerprint density at radius 3 is 2.33 bits per heavy atom. The number of imide groups is 1. The molecular weight excluding hydrogens is 240 g/mol. The van der Waals surface area contributed by atoms with Crippen LogP contribution in [0.2, 0.25) is 0 Å². The van der Waals surface area contributed by atoms with E-state index in [2.05, 4.69) is 10.1 Å². The SMILES string of the molecule is CCC(C)N(CC)C(=O)NC(=O)COCC(=O)O. The van der Waals surface area contributed by atoms with E-state index in [0.717, 1.165) is 6.42 Å². The Labute approximate surface area is 106 Å². The maximum absolute atomic E-state index is 11.7. The number of amides is 3. The number of carbonyl (C=O) groups is 3. The van der Waals surface area contributed by atoms with Crippen molar-refractivity contribution in [1.29, 1.82) is 0 Å². The summed E-state index contributed by atoms with van der Waals surface area (Å²) < 4.78 is 4.58. The second-order valence-electron chi connectivity index (χ2n) is 3.78. The molecule has 7 heteroatoms. The van der Waals surface area contributed by atoms with Crippen LogP contribution in [-0.4, -0.2) is 53.7 Å². The highest BCUT2D eigenvalue weighted by Crippen LogP contribution is 2.02. The molecule has 1 unspecified atom stereocenters. The Bertz CT molecular complexity index is 306. The Morgan fingerprint density at radius 2 is 1.89 bits per heavy atom. The summed E-state index contributed by atoms with van der Waals surface area (Å²) in [5.74, 6) is -1.81. The predicted molar refractivity (Wildman–Crippen MR) is 64.1 cm³/mol. The first-order chi connectivity index (χ1) is 8.42. The smallest absolute Gasteiger partial charge is 0.329 e. The van der Waals surface area contributed by atoms with Gasteiger partial charge in [-0.25, -0.2) is 9.59 Å². The minimum Gasteiger partial charge on any atom is -0.480 e. The fraction of sp³-hybridized carbons (Fsp3) is 0.727. The zero-order valence-corrected chi connectivity index (χ0v) is 10.9. The zero-order chi connectivity index (χ0) is 14.1. The van der Waals surface area contributed by atoms with Crippen LogP contribution in [-0.2, 0) is 14.3 Å². The van der Waals surface area contributed by atoms with Crippen molar-refractivity contribution in [3.05, 3.63) is 0 Å². The first kappa shape index (κ1) is 16.4. The van der Waals surface area contributed by atoms with Crippen molar-refractivity contribution in [1.82, 2.24) is 10.2 Å². The number of hydrogen-bond donors (Lipinski definition) is 2. The molecule has 0 fully saturated rings. The minimum atomic E-state index is -1.16. The van der Waals surface area contributed by atoms with Gasteiger partial charge in [0.25, 0.3) is 5.91 Å². The molecule has 0 aliphatic rings. The Kier molecular flexibility index (Phi) is 7.69. The standard InChI is InChI=1S/C11H20N2O5/c1-4-8(3)13(5-2)11(17)12-9(14)6-18-7-10(15)16/h8H,4-7H2,1-3H3,(H,15,16)(H,12,14,17). The number of urea groups is 1. The average Bonchev–Trinajstić information content (AvgIpc) is 2.28. The van der Waals surface area contributed by atoms with Crippen LogP contribution in [0.15, 0.2) is 0 Å². The topological polar surface area (TPSA) is 95.9 Å². The van der Waals surface area contributed by atoms with Gasteiger partial charge in [0.05, 0.1) is 0 Å². The molecule has 0 aromatic carbocycles. The van der Waals surface area contributed by atoms with Gasteiger partial charge in [0.15, 0.2) is 0 Å². The first-order valence-electron chi connectivity index (χ1n) is 5.82. The van der Waals surface area contributed by atoms with E-state index in [1.165, 1.54) is 4.90 Å². The molecule has 0 aromatic rings. The molecule has 104 valence electrons. The molecule has 0 bridgehead atoms. The summed E-state index contributed by atoms with van der Waals surface area (Å²) in [5, 5.41) is 10.5. The molecule has 1 atom stereocenters. The second-order valence-corrected chi connectivity index (χ2v) is 3.78. The summed E-state index contributed by atoms with van der Waals surface area (Å²) >= 11 is 0. The van der Waals surface area contributed by atoms with Gasteiger partial charge in [-0.3, -0.25) is 10.1 Å². The molecule has 2 N–H and O–H groups in total. The summed E-state index contributed by atoms with van der Waals surface area (Å²) in [6.45, 7) is 5.12.